The van der Waals surface area contributed by atoms with Gasteiger partial charge in [-0.15, -0.1) is 0 Å². The molecule has 0 unspecified atom stereocenters. The van der Waals surface area contributed by atoms with Gasteiger partial charge in [0.05, 0.1) is 43.2 Å². The third-order valence-electron chi connectivity index (χ3n) is 4.87. The highest BCUT2D eigenvalue weighted by Crippen LogP contribution is 2.68. The van der Waals surface area contributed by atoms with Crippen molar-refractivity contribution in [2.75, 3.05) is 43.8 Å². The number of para-hydroxylation sites is 2. The second kappa shape index (κ2) is 15.7. The molecule has 0 fully saturated rings. The monoisotopic (exact) mass is 602 g/mol. The van der Waals surface area contributed by atoms with Crippen LogP contribution in [0.5, 0.6) is 0 Å². The Labute approximate surface area is 226 Å². The molecular formula is C24H36F4N2O7P2. The smallest absolute Gasteiger partial charge is 0.385 e. The van der Waals surface area contributed by atoms with Crippen LogP contribution in [-0.4, -0.2) is 38.2 Å². The first-order chi connectivity index (χ1) is 18.4. The van der Waals surface area contributed by atoms with E-state index in [-0.39, 0.29) is 43.4 Å². The van der Waals surface area contributed by atoms with Crippen molar-refractivity contribution in [3.8, 4) is 0 Å². The van der Waals surface area contributed by atoms with Crippen molar-refractivity contribution in [1.29, 1.82) is 0 Å². The highest BCUT2D eigenvalue weighted by Gasteiger charge is 2.56. The van der Waals surface area contributed by atoms with Gasteiger partial charge in [-0.25, -0.2) is 0 Å². The van der Waals surface area contributed by atoms with Gasteiger partial charge in [-0.05, 0) is 46.8 Å². The Bertz CT molecular complexity index is 1110. The topological polar surface area (TPSA) is 115 Å². The van der Waals surface area contributed by atoms with Gasteiger partial charge >= 0.3 is 26.5 Å². The molecule has 0 aliphatic heterocycles. The second-order valence-electron chi connectivity index (χ2n) is 7.48. The average Bonchev–Trinajstić information content (AvgIpc) is 2.90. The number of hydrogen-bond acceptors (Lipinski definition) is 9. The van der Waals surface area contributed by atoms with E-state index in [2.05, 4.69) is 14.4 Å². The van der Waals surface area contributed by atoms with Gasteiger partial charge in [0.1, 0.15) is 0 Å². The number of benzene rings is 2. The molecule has 0 aliphatic rings. The molecule has 15 heteroatoms. The van der Waals surface area contributed by atoms with Crippen molar-refractivity contribution in [2.45, 2.75) is 45.9 Å². The number of halogens is 4. The quantitative estimate of drug-likeness (QED) is 0.105. The molecule has 0 aliphatic carbocycles. The summed E-state index contributed by atoms with van der Waals surface area (Å²) in [6, 6.07) is 10.9. The Morgan fingerprint density at radius 2 is 1.00 bits per heavy atom. The minimum absolute atomic E-state index is 0.115. The minimum atomic E-state index is -4.67. The molecular weight excluding hydrogens is 566 g/mol. The highest BCUT2D eigenvalue weighted by atomic mass is 31.2. The molecule has 2 aromatic rings. The van der Waals surface area contributed by atoms with Crippen LogP contribution < -0.4 is 10.8 Å². The van der Waals surface area contributed by atoms with Crippen LogP contribution in [0.3, 0.4) is 0 Å². The van der Waals surface area contributed by atoms with E-state index in [1.54, 1.807) is 18.5 Å². The predicted octanol–water partition coefficient (Wildman–Crippen LogP) is 8.24. The third kappa shape index (κ3) is 8.27. The molecule has 222 valence electrons. The van der Waals surface area contributed by atoms with Crippen LogP contribution in [0.1, 0.15) is 45.7 Å². The lowest BCUT2D eigenvalue weighted by atomic mass is 10.2. The van der Waals surface area contributed by atoms with E-state index in [1.807, 2.05) is 0 Å². The lowest BCUT2D eigenvalue weighted by Gasteiger charge is -2.27. The molecule has 0 radical (unpaired) electrons. The molecule has 0 saturated carbocycles. The molecule has 39 heavy (non-hydrogen) atoms. The summed E-state index contributed by atoms with van der Waals surface area (Å²) in [6.45, 7) is 7.56. The van der Waals surface area contributed by atoms with Crippen molar-refractivity contribution in [3.05, 3.63) is 59.7 Å². The number of hydrogen-bond donors (Lipinski definition) is 3. The molecule has 0 heterocycles. The van der Waals surface area contributed by atoms with Gasteiger partial charge in [0.25, 0.3) is 0 Å². The Morgan fingerprint density at radius 1 is 0.667 bits per heavy atom. The molecule has 2 aromatic carbocycles. The zero-order valence-electron chi connectivity index (χ0n) is 22.5. The van der Waals surface area contributed by atoms with Gasteiger partial charge in [-0.1, -0.05) is 36.4 Å². The molecule has 0 amide bonds. The van der Waals surface area contributed by atoms with Gasteiger partial charge in [0.15, 0.2) is 0 Å². The van der Waals surface area contributed by atoms with E-state index in [1.165, 1.54) is 64.1 Å². The van der Waals surface area contributed by atoms with Crippen LogP contribution in [0, 0.1) is 0 Å². The third-order valence-corrected chi connectivity index (χ3v) is 9.12. The van der Waals surface area contributed by atoms with Crippen LogP contribution in [0.2, 0.25) is 0 Å². The van der Waals surface area contributed by atoms with Crippen molar-refractivity contribution in [3.63, 3.8) is 0 Å². The fourth-order valence-electron chi connectivity index (χ4n) is 3.31. The van der Waals surface area contributed by atoms with E-state index < -0.39 is 32.1 Å². The lowest BCUT2D eigenvalue weighted by Crippen LogP contribution is -2.20. The SMILES string of the molecule is CCNc1ccccc1C(F)(F)P(=O)(OCC)OCC.CCOP(=O)(OCC)C(F)(F)c1ccccc1NO. The Kier molecular flexibility index (Phi) is 14.1. The fraction of sp³-hybridized carbons (Fsp3) is 0.500. The van der Waals surface area contributed by atoms with E-state index in [0.29, 0.717) is 6.54 Å². The van der Waals surface area contributed by atoms with Crippen LogP contribution in [0.4, 0.5) is 28.9 Å². The van der Waals surface area contributed by atoms with Crippen molar-refractivity contribution < 1.29 is 50.0 Å². The molecule has 0 atom stereocenters. The Balaban J connectivity index is 0.000000391. The number of nitrogens with one attached hydrogen (secondary N) is 2. The summed E-state index contributed by atoms with van der Waals surface area (Å²) in [7, 11) is -9.24. The highest BCUT2D eigenvalue weighted by molar-refractivity contribution is 7.55. The second-order valence-corrected chi connectivity index (χ2v) is 11.6. The Morgan fingerprint density at radius 3 is 1.33 bits per heavy atom. The average molecular weight is 602 g/mol. The normalized spacial score (nSPS) is 12.5. The summed E-state index contributed by atoms with van der Waals surface area (Å²) in [5.41, 5.74) is -7.00. The van der Waals surface area contributed by atoms with E-state index >= 15 is 0 Å². The first-order valence-electron chi connectivity index (χ1n) is 12.2. The zero-order valence-corrected chi connectivity index (χ0v) is 24.2. The maximum Gasteiger partial charge on any atom is 0.404 e. The first-order valence-corrected chi connectivity index (χ1v) is 15.3. The van der Waals surface area contributed by atoms with Crippen molar-refractivity contribution >= 4 is 26.6 Å². The van der Waals surface area contributed by atoms with Crippen molar-refractivity contribution in [1.82, 2.24) is 0 Å². The number of alkyl halides is 4. The summed E-state index contributed by atoms with van der Waals surface area (Å²) in [4.78, 5) is 0. The molecule has 0 aromatic heterocycles. The summed E-state index contributed by atoms with van der Waals surface area (Å²) >= 11 is 0. The Hall–Kier alpha value is -1.98. The predicted molar refractivity (Wildman–Crippen MR) is 142 cm³/mol. The fourth-order valence-corrected chi connectivity index (χ4v) is 6.44. The molecule has 0 bridgehead atoms. The van der Waals surface area contributed by atoms with Gasteiger partial charge in [-0.2, -0.15) is 17.6 Å². The lowest BCUT2D eigenvalue weighted by molar-refractivity contribution is 0.0363. The zero-order chi connectivity index (χ0) is 29.7. The van der Waals surface area contributed by atoms with Gasteiger partial charge in [0.2, 0.25) is 0 Å². The summed E-state index contributed by atoms with van der Waals surface area (Å²) in [6.07, 6.45) is 0. The number of rotatable bonds is 15. The molecule has 9 nitrogen and oxygen atoms in total. The summed E-state index contributed by atoms with van der Waals surface area (Å²) in [5, 5.41) is 11.7. The molecule has 2 rings (SSSR count). The van der Waals surface area contributed by atoms with Gasteiger partial charge in [0, 0.05) is 12.2 Å². The standard InChI is InChI=1S/C13H20F2NO3P.C11H16F2NO4P/c1-4-16-12-10-8-7-9-11(12)13(14,15)20(17,18-5-2)19-6-3;1-3-17-19(16,18-4-2)11(12,13)9-7-5-6-8-10(9)14-15/h7-10,16H,4-6H2,1-3H3;5-8,14-15H,3-4H2,1-2H3. The number of anilines is 2. The van der Waals surface area contributed by atoms with E-state index in [0.717, 1.165) is 6.07 Å². The van der Waals surface area contributed by atoms with E-state index in [4.69, 9.17) is 14.3 Å². The minimum Gasteiger partial charge on any atom is -0.385 e. The van der Waals surface area contributed by atoms with Crippen LogP contribution in [0.25, 0.3) is 0 Å². The largest absolute Gasteiger partial charge is 0.404 e. The summed E-state index contributed by atoms with van der Waals surface area (Å²) in [5.74, 6) is 0. The molecule has 3 N–H and O–H groups in total. The maximum atomic E-state index is 14.6. The first kappa shape index (κ1) is 35.0. The summed E-state index contributed by atoms with van der Waals surface area (Å²) < 4.78 is 101. The van der Waals surface area contributed by atoms with Crippen molar-refractivity contribution in [2.24, 2.45) is 0 Å². The molecule has 0 spiro atoms. The van der Waals surface area contributed by atoms with Crippen LogP contribution in [-0.2, 0) is 38.6 Å². The van der Waals surface area contributed by atoms with Gasteiger partial charge < -0.3 is 23.4 Å². The van der Waals surface area contributed by atoms with Crippen LogP contribution in [0.15, 0.2) is 48.5 Å². The van der Waals surface area contributed by atoms with Gasteiger partial charge in [-0.3, -0.25) is 19.8 Å². The molecule has 0 saturated heterocycles. The maximum absolute atomic E-state index is 14.6. The van der Waals surface area contributed by atoms with Crippen LogP contribution >= 0.6 is 15.2 Å². The van der Waals surface area contributed by atoms with E-state index in [9.17, 15) is 26.7 Å².